The van der Waals surface area contributed by atoms with Crippen LogP contribution in [0.1, 0.15) is 0 Å². The van der Waals surface area contributed by atoms with Gasteiger partial charge in [-0.05, 0) is 0 Å². The second-order valence-electron chi connectivity index (χ2n) is 1.23. The minimum absolute atomic E-state index is 0.475. The molecule has 5 heteroatoms. The molecule has 0 atom stereocenters. The van der Waals surface area contributed by atoms with Crippen LogP contribution in [0.2, 0.25) is 0 Å². The van der Waals surface area contributed by atoms with Gasteiger partial charge in [0.2, 0.25) is 0 Å². The zero-order valence-electron chi connectivity index (χ0n) is 4.38. The van der Waals surface area contributed by atoms with Crippen LogP contribution in [0.4, 0.5) is 4.79 Å². The van der Waals surface area contributed by atoms with E-state index in [0.29, 0.717) is 4.90 Å². The number of nitrogens with two attached hydrogens (primary N) is 1. The summed E-state index contributed by atoms with van der Waals surface area (Å²) in [5.74, 6) is -0.475. The van der Waals surface area contributed by atoms with Crippen molar-refractivity contribution in [2.45, 2.75) is 0 Å². The summed E-state index contributed by atoms with van der Waals surface area (Å²) in [6, 6.07) is 0. The molecule has 0 aromatic heterocycles. The van der Waals surface area contributed by atoms with Crippen molar-refractivity contribution in [2.75, 3.05) is 7.05 Å². The summed E-state index contributed by atoms with van der Waals surface area (Å²) in [7, 11) is 1.20. The van der Waals surface area contributed by atoms with Gasteiger partial charge in [-0.2, -0.15) is 0 Å². The fourth-order valence-electron chi connectivity index (χ4n) is 0.103. The van der Waals surface area contributed by atoms with Gasteiger partial charge >= 0.3 is 6.09 Å². The molecule has 0 rings (SSSR count). The molecular formula is C3H7N3O2. The maximum Gasteiger partial charge on any atom is 0.413 e. The van der Waals surface area contributed by atoms with Crippen LogP contribution in [0.15, 0.2) is 0 Å². The van der Waals surface area contributed by atoms with Gasteiger partial charge in [0.25, 0.3) is 0 Å². The molecule has 0 unspecified atom stereocenters. The minimum Gasteiger partial charge on any atom is -0.465 e. The van der Waals surface area contributed by atoms with Gasteiger partial charge in [-0.15, -0.1) is 0 Å². The van der Waals surface area contributed by atoms with Crippen LogP contribution in [-0.4, -0.2) is 29.1 Å². The number of amides is 1. The second kappa shape index (κ2) is 2.15. The quantitative estimate of drug-likeness (QED) is 0.295. The Morgan fingerprint density at radius 1 is 1.88 bits per heavy atom. The highest BCUT2D eigenvalue weighted by molar-refractivity contribution is 5.89. The number of rotatable bonds is 0. The van der Waals surface area contributed by atoms with Gasteiger partial charge in [0.05, 0.1) is 0 Å². The van der Waals surface area contributed by atoms with Crippen LogP contribution in [0.3, 0.4) is 0 Å². The first kappa shape index (κ1) is 6.74. The number of nitrogens with one attached hydrogen (secondary N) is 1. The summed E-state index contributed by atoms with van der Waals surface area (Å²) in [5, 5.41) is 14.6. The molecule has 0 radical (unpaired) electrons. The lowest BCUT2D eigenvalue weighted by molar-refractivity contribution is 0.175. The van der Waals surface area contributed by atoms with Crippen molar-refractivity contribution in [3.8, 4) is 0 Å². The predicted molar refractivity (Wildman–Crippen MR) is 27.7 cm³/mol. The van der Waals surface area contributed by atoms with Crippen molar-refractivity contribution in [2.24, 2.45) is 5.73 Å². The van der Waals surface area contributed by atoms with Crippen molar-refractivity contribution in [3.05, 3.63) is 0 Å². The standard InChI is InChI=1S/C3H7N3O2/c1-6(2(4)5)3(7)8/h1H3,(H3,4,5)(H,7,8). The van der Waals surface area contributed by atoms with Crippen LogP contribution in [0, 0.1) is 5.41 Å². The van der Waals surface area contributed by atoms with E-state index in [9.17, 15) is 4.79 Å². The Balaban J connectivity index is 3.83. The van der Waals surface area contributed by atoms with E-state index in [1.165, 1.54) is 7.05 Å². The molecular weight excluding hydrogens is 110 g/mol. The van der Waals surface area contributed by atoms with E-state index in [1.54, 1.807) is 0 Å². The lowest BCUT2D eigenvalue weighted by Crippen LogP contribution is -2.36. The summed E-state index contributed by atoms with van der Waals surface area (Å²) < 4.78 is 0. The molecule has 1 amide bonds. The van der Waals surface area contributed by atoms with Crippen LogP contribution in [0.25, 0.3) is 0 Å². The Morgan fingerprint density at radius 3 is 2.25 bits per heavy atom. The van der Waals surface area contributed by atoms with Gasteiger partial charge in [0.1, 0.15) is 0 Å². The second-order valence-corrected chi connectivity index (χ2v) is 1.23. The van der Waals surface area contributed by atoms with Gasteiger partial charge < -0.3 is 10.8 Å². The molecule has 0 spiro atoms. The number of hydrogen-bond donors (Lipinski definition) is 3. The summed E-state index contributed by atoms with van der Waals surface area (Å²) in [4.78, 5) is 10.5. The average molecular weight is 117 g/mol. The maximum atomic E-state index is 9.85. The summed E-state index contributed by atoms with van der Waals surface area (Å²) >= 11 is 0. The number of carboxylic acid groups (broad SMARTS) is 1. The zero-order chi connectivity index (χ0) is 6.73. The third kappa shape index (κ3) is 1.46. The molecule has 0 fully saturated rings. The van der Waals surface area contributed by atoms with Crippen molar-refractivity contribution < 1.29 is 9.90 Å². The lowest BCUT2D eigenvalue weighted by atomic mass is 10.8. The van der Waals surface area contributed by atoms with E-state index in [4.69, 9.17) is 16.2 Å². The normalized spacial score (nSPS) is 8.12. The predicted octanol–water partition coefficient (Wildman–Crippen LogP) is -0.510. The van der Waals surface area contributed by atoms with E-state index < -0.39 is 12.1 Å². The molecule has 4 N–H and O–H groups in total. The van der Waals surface area contributed by atoms with Crippen molar-refractivity contribution in [1.82, 2.24) is 4.90 Å². The molecule has 0 aliphatic carbocycles. The van der Waals surface area contributed by atoms with Crippen molar-refractivity contribution in [3.63, 3.8) is 0 Å². The molecule has 0 saturated heterocycles. The smallest absolute Gasteiger partial charge is 0.413 e. The van der Waals surface area contributed by atoms with Crippen LogP contribution in [0.5, 0.6) is 0 Å². The van der Waals surface area contributed by atoms with Crippen molar-refractivity contribution in [1.29, 1.82) is 5.41 Å². The summed E-state index contributed by atoms with van der Waals surface area (Å²) in [6.45, 7) is 0. The van der Waals surface area contributed by atoms with Crippen LogP contribution in [-0.2, 0) is 0 Å². The SMILES string of the molecule is CN(C(=N)N)C(=O)O. The molecule has 8 heavy (non-hydrogen) atoms. The van der Waals surface area contributed by atoms with Gasteiger partial charge in [-0.1, -0.05) is 0 Å². The van der Waals surface area contributed by atoms with Gasteiger partial charge in [-0.25, -0.2) is 4.79 Å². The Labute approximate surface area is 46.2 Å². The first-order valence-corrected chi connectivity index (χ1v) is 1.86. The third-order valence-electron chi connectivity index (χ3n) is 0.648. The Kier molecular flexibility index (Phi) is 1.81. The van der Waals surface area contributed by atoms with Gasteiger partial charge in [-0.3, -0.25) is 10.3 Å². The zero-order valence-corrected chi connectivity index (χ0v) is 4.38. The largest absolute Gasteiger partial charge is 0.465 e. The first-order chi connectivity index (χ1) is 3.55. The number of nitrogens with zero attached hydrogens (tertiary/aromatic N) is 1. The molecule has 0 saturated carbocycles. The highest BCUT2D eigenvalue weighted by atomic mass is 16.4. The fourth-order valence-corrected chi connectivity index (χ4v) is 0.103. The maximum absolute atomic E-state index is 9.85. The number of guanidine groups is 1. The summed E-state index contributed by atoms with van der Waals surface area (Å²) in [6.07, 6.45) is -1.22. The number of hydrogen-bond acceptors (Lipinski definition) is 2. The van der Waals surface area contributed by atoms with E-state index in [0.717, 1.165) is 0 Å². The first-order valence-electron chi connectivity index (χ1n) is 1.86. The fraction of sp³-hybridized carbons (Fsp3) is 0.333. The minimum atomic E-state index is -1.22. The van der Waals surface area contributed by atoms with Crippen molar-refractivity contribution >= 4 is 12.1 Å². The summed E-state index contributed by atoms with van der Waals surface area (Å²) in [5.41, 5.74) is 4.77. The Morgan fingerprint density at radius 2 is 2.25 bits per heavy atom. The highest BCUT2D eigenvalue weighted by Crippen LogP contribution is 1.77. The molecule has 0 heterocycles. The van der Waals surface area contributed by atoms with Gasteiger partial charge in [0, 0.05) is 7.05 Å². The van der Waals surface area contributed by atoms with E-state index >= 15 is 0 Å². The van der Waals surface area contributed by atoms with Crippen LogP contribution >= 0.6 is 0 Å². The molecule has 0 aliphatic rings. The highest BCUT2D eigenvalue weighted by Gasteiger charge is 2.05. The molecule has 5 nitrogen and oxygen atoms in total. The Hall–Kier alpha value is -1.26. The van der Waals surface area contributed by atoms with E-state index in [1.807, 2.05) is 0 Å². The molecule has 0 aromatic carbocycles. The third-order valence-corrected chi connectivity index (χ3v) is 0.648. The lowest BCUT2D eigenvalue weighted by Gasteiger charge is -2.07. The monoisotopic (exact) mass is 117 g/mol. The Bertz CT molecular complexity index is 108. The number of carbonyl (C=O) groups is 1. The topological polar surface area (TPSA) is 90.4 Å². The molecule has 46 valence electrons. The van der Waals surface area contributed by atoms with E-state index in [2.05, 4.69) is 0 Å². The molecule has 0 aliphatic heterocycles. The van der Waals surface area contributed by atoms with Gasteiger partial charge in [0.15, 0.2) is 5.96 Å². The van der Waals surface area contributed by atoms with Crippen LogP contribution < -0.4 is 5.73 Å². The molecule has 0 aromatic rings. The average Bonchev–Trinajstić information content (AvgIpc) is 1.64. The molecule has 0 bridgehead atoms. The van der Waals surface area contributed by atoms with E-state index in [-0.39, 0.29) is 0 Å².